The third kappa shape index (κ3) is 3.28. The highest BCUT2D eigenvalue weighted by Crippen LogP contribution is 2.34. The van der Waals surface area contributed by atoms with Crippen molar-refractivity contribution < 1.29 is 9.90 Å². The topological polar surface area (TPSA) is 62.2 Å². The minimum atomic E-state index is -0.783. The van der Waals surface area contributed by atoms with Gasteiger partial charge in [0.25, 0.3) is 0 Å². The van der Waals surface area contributed by atoms with Crippen molar-refractivity contribution in [1.29, 1.82) is 0 Å². The van der Waals surface area contributed by atoms with Crippen LogP contribution in [-0.2, 0) is 4.79 Å². The summed E-state index contributed by atoms with van der Waals surface area (Å²) >= 11 is 0. The number of aliphatic carboxylic acids is 1. The zero-order chi connectivity index (χ0) is 14.7. The summed E-state index contributed by atoms with van der Waals surface area (Å²) in [5.41, 5.74) is 1.87. The maximum absolute atomic E-state index is 11.5. The molecule has 2 atom stereocenters. The van der Waals surface area contributed by atoms with E-state index in [9.17, 15) is 9.90 Å². The maximum Gasteiger partial charge on any atom is 0.321 e. The number of hydrogen-bond acceptors (Lipinski definition) is 3. The van der Waals surface area contributed by atoms with Gasteiger partial charge in [0, 0.05) is 6.20 Å². The number of hydrogen-bond donors (Lipinski definition) is 2. The Morgan fingerprint density at radius 2 is 1.86 bits per heavy atom. The molecule has 0 bridgehead atoms. The summed E-state index contributed by atoms with van der Waals surface area (Å²) in [6, 6.07) is 14.9. The molecule has 0 saturated heterocycles. The third-order valence-corrected chi connectivity index (χ3v) is 3.82. The summed E-state index contributed by atoms with van der Waals surface area (Å²) in [6.45, 7) is 0. The fourth-order valence-corrected chi connectivity index (χ4v) is 2.56. The zero-order valence-electron chi connectivity index (χ0n) is 11.6. The van der Waals surface area contributed by atoms with E-state index < -0.39 is 12.0 Å². The van der Waals surface area contributed by atoms with E-state index >= 15 is 0 Å². The lowest BCUT2D eigenvalue weighted by atomic mass is 10.0. The molecule has 2 unspecified atom stereocenters. The minimum absolute atomic E-state index is 0.200. The van der Waals surface area contributed by atoms with Crippen LogP contribution in [0.5, 0.6) is 0 Å². The molecule has 4 heteroatoms. The molecule has 3 rings (SSSR count). The molecule has 1 aromatic carbocycles. The number of benzene rings is 1. The number of nitrogens with zero attached hydrogens (tertiary/aromatic N) is 1. The highest BCUT2D eigenvalue weighted by molar-refractivity contribution is 5.74. The van der Waals surface area contributed by atoms with Crippen molar-refractivity contribution in [2.45, 2.75) is 24.9 Å². The van der Waals surface area contributed by atoms with Gasteiger partial charge < -0.3 is 5.11 Å². The van der Waals surface area contributed by atoms with Gasteiger partial charge in [-0.15, -0.1) is 0 Å². The standard InChI is InChI=1S/C17H18N2O2/c20-17(21)16(13-9-10-13)19-15(12-6-2-1-3-7-12)14-8-4-5-11-18-14/h1-8,11,13,15-16,19H,9-10H2,(H,20,21). The number of rotatable bonds is 6. The molecule has 1 aliphatic carbocycles. The summed E-state index contributed by atoms with van der Waals surface area (Å²) in [6.07, 6.45) is 3.70. The highest BCUT2D eigenvalue weighted by Gasteiger charge is 2.38. The summed E-state index contributed by atoms with van der Waals surface area (Å²) < 4.78 is 0. The maximum atomic E-state index is 11.5. The van der Waals surface area contributed by atoms with Crippen molar-refractivity contribution in [3.8, 4) is 0 Å². The van der Waals surface area contributed by atoms with Crippen molar-refractivity contribution in [3.63, 3.8) is 0 Å². The summed E-state index contributed by atoms with van der Waals surface area (Å²) in [7, 11) is 0. The zero-order valence-corrected chi connectivity index (χ0v) is 11.6. The Hall–Kier alpha value is -2.20. The SMILES string of the molecule is O=C(O)C(NC(c1ccccc1)c1ccccn1)C1CC1. The Kier molecular flexibility index (Phi) is 3.97. The summed E-state index contributed by atoms with van der Waals surface area (Å²) in [5.74, 6) is -0.549. The van der Waals surface area contributed by atoms with Crippen LogP contribution in [0.4, 0.5) is 0 Å². The van der Waals surface area contributed by atoms with E-state index in [-0.39, 0.29) is 12.0 Å². The Morgan fingerprint density at radius 3 is 2.43 bits per heavy atom. The predicted octanol–water partition coefficient (Wildman–Crippen LogP) is 2.62. The Bertz CT molecular complexity index is 557. The Morgan fingerprint density at radius 1 is 1.14 bits per heavy atom. The van der Waals surface area contributed by atoms with Crippen molar-refractivity contribution in [1.82, 2.24) is 10.3 Å². The lowest BCUT2D eigenvalue weighted by Crippen LogP contribution is -2.41. The number of pyridine rings is 1. The van der Waals surface area contributed by atoms with Gasteiger partial charge >= 0.3 is 5.97 Å². The molecule has 0 spiro atoms. The first-order valence-electron chi connectivity index (χ1n) is 7.20. The van der Waals surface area contributed by atoms with Crippen molar-refractivity contribution in [2.75, 3.05) is 0 Å². The Balaban J connectivity index is 1.91. The lowest BCUT2D eigenvalue weighted by Gasteiger charge is -2.23. The minimum Gasteiger partial charge on any atom is -0.480 e. The largest absolute Gasteiger partial charge is 0.480 e. The van der Waals surface area contributed by atoms with Crippen LogP contribution in [-0.4, -0.2) is 22.1 Å². The first-order chi connectivity index (χ1) is 10.3. The number of carboxylic acid groups (broad SMARTS) is 1. The molecular weight excluding hydrogens is 264 g/mol. The molecule has 1 aromatic heterocycles. The van der Waals surface area contributed by atoms with E-state index in [1.54, 1.807) is 6.20 Å². The van der Waals surface area contributed by atoms with Crippen molar-refractivity contribution in [3.05, 3.63) is 66.0 Å². The van der Waals surface area contributed by atoms with Gasteiger partial charge in [0.2, 0.25) is 0 Å². The normalized spacial score (nSPS) is 17.1. The summed E-state index contributed by atoms with van der Waals surface area (Å²) in [4.78, 5) is 15.9. The molecule has 0 radical (unpaired) electrons. The molecule has 108 valence electrons. The van der Waals surface area contributed by atoms with Crippen LogP contribution in [0.1, 0.15) is 30.1 Å². The first-order valence-corrected chi connectivity index (χ1v) is 7.20. The van der Waals surface area contributed by atoms with E-state index in [1.165, 1.54) is 0 Å². The van der Waals surface area contributed by atoms with Crippen LogP contribution in [0.15, 0.2) is 54.7 Å². The average Bonchev–Trinajstić information content (AvgIpc) is 3.34. The average molecular weight is 282 g/mol. The molecule has 1 aliphatic rings. The van der Waals surface area contributed by atoms with E-state index in [1.807, 2.05) is 48.5 Å². The van der Waals surface area contributed by atoms with Crippen LogP contribution < -0.4 is 5.32 Å². The number of carbonyl (C=O) groups is 1. The molecule has 1 heterocycles. The van der Waals surface area contributed by atoms with Gasteiger partial charge in [-0.3, -0.25) is 15.1 Å². The fraction of sp³-hybridized carbons (Fsp3) is 0.294. The second-order valence-electron chi connectivity index (χ2n) is 5.42. The lowest BCUT2D eigenvalue weighted by molar-refractivity contribution is -0.140. The van der Waals surface area contributed by atoms with E-state index in [2.05, 4.69) is 10.3 Å². The first kappa shape index (κ1) is 13.8. The third-order valence-electron chi connectivity index (χ3n) is 3.82. The van der Waals surface area contributed by atoms with Crippen LogP contribution in [0.2, 0.25) is 0 Å². The van der Waals surface area contributed by atoms with Gasteiger partial charge in [0.1, 0.15) is 6.04 Å². The van der Waals surface area contributed by atoms with Gasteiger partial charge in [-0.2, -0.15) is 0 Å². The van der Waals surface area contributed by atoms with Crippen LogP contribution in [0, 0.1) is 5.92 Å². The van der Waals surface area contributed by atoms with Gasteiger partial charge in [0.05, 0.1) is 11.7 Å². The molecule has 0 aliphatic heterocycles. The quantitative estimate of drug-likeness (QED) is 0.855. The van der Waals surface area contributed by atoms with Gasteiger partial charge in [-0.05, 0) is 36.5 Å². The van der Waals surface area contributed by atoms with Gasteiger partial charge in [-0.1, -0.05) is 36.4 Å². The van der Waals surface area contributed by atoms with E-state index in [0.717, 1.165) is 24.1 Å². The number of carboxylic acids is 1. The second kappa shape index (κ2) is 6.06. The smallest absolute Gasteiger partial charge is 0.321 e. The molecule has 4 nitrogen and oxygen atoms in total. The number of aromatic nitrogens is 1. The van der Waals surface area contributed by atoms with E-state index in [0.29, 0.717) is 0 Å². The van der Waals surface area contributed by atoms with Crippen LogP contribution >= 0.6 is 0 Å². The molecule has 2 N–H and O–H groups in total. The van der Waals surface area contributed by atoms with Crippen LogP contribution in [0.3, 0.4) is 0 Å². The molecule has 1 fully saturated rings. The second-order valence-corrected chi connectivity index (χ2v) is 5.42. The summed E-state index contributed by atoms with van der Waals surface area (Å²) in [5, 5.41) is 12.7. The van der Waals surface area contributed by atoms with Crippen molar-refractivity contribution in [2.24, 2.45) is 5.92 Å². The molecule has 21 heavy (non-hydrogen) atoms. The Labute approximate surface area is 123 Å². The van der Waals surface area contributed by atoms with Gasteiger partial charge in [0.15, 0.2) is 0 Å². The van der Waals surface area contributed by atoms with E-state index in [4.69, 9.17) is 0 Å². The van der Waals surface area contributed by atoms with Crippen molar-refractivity contribution >= 4 is 5.97 Å². The number of nitrogens with one attached hydrogen (secondary N) is 1. The molecule has 2 aromatic rings. The molecule has 1 saturated carbocycles. The molecular formula is C17H18N2O2. The predicted molar refractivity (Wildman–Crippen MR) is 79.8 cm³/mol. The van der Waals surface area contributed by atoms with Gasteiger partial charge in [-0.25, -0.2) is 0 Å². The fourth-order valence-electron chi connectivity index (χ4n) is 2.56. The molecule has 0 amide bonds. The highest BCUT2D eigenvalue weighted by atomic mass is 16.4. The monoisotopic (exact) mass is 282 g/mol. The van der Waals surface area contributed by atoms with Crippen LogP contribution in [0.25, 0.3) is 0 Å².